The molecule has 29 heavy (non-hydrogen) atoms. The summed E-state index contributed by atoms with van der Waals surface area (Å²) in [7, 11) is 0. The summed E-state index contributed by atoms with van der Waals surface area (Å²) in [5, 5.41) is 6.12. The van der Waals surface area contributed by atoms with Crippen molar-refractivity contribution in [1.29, 1.82) is 0 Å². The lowest BCUT2D eigenvalue weighted by Gasteiger charge is -2.11. The van der Waals surface area contributed by atoms with Gasteiger partial charge >= 0.3 is 0 Å². The van der Waals surface area contributed by atoms with E-state index >= 15 is 0 Å². The van der Waals surface area contributed by atoms with Crippen molar-refractivity contribution in [2.24, 2.45) is 0 Å². The molecule has 1 heterocycles. The molecule has 2 aromatic carbocycles. The van der Waals surface area contributed by atoms with Crippen LogP contribution >= 0.6 is 15.9 Å². The normalized spacial score (nSPS) is 10.2. The second-order valence-corrected chi connectivity index (χ2v) is 6.71. The fourth-order valence-corrected chi connectivity index (χ4v) is 2.53. The predicted molar refractivity (Wildman–Crippen MR) is 110 cm³/mol. The lowest BCUT2D eigenvalue weighted by Crippen LogP contribution is -2.40. The highest BCUT2D eigenvalue weighted by atomic mass is 79.9. The van der Waals surface area contributed by atoms with E-state index in [0.717, 1.165) is 0 Å². The molecule has 3 aromatic rings. The van der Waals surface area contributed by atoms with Crippen molar-refractivity contribution in [2.75, 3.05) is 10.6 Å². The van der Waals surface area contributed by atoms with Crippen LogP contribution in [0.25, 0.3) is 0 Å². The van der Waals surface area contributed by atoms with E-state index in [9.17, 15) is 14.0 Å². The van der Waals surface area contributed by atoms with Gasteiger partial charge in [0, 0.05) is 30.1 Å². The first kappa shape index (κ1) is 20.2. The lowest BCUT2D eigenvalue weighted by atomic mass is 10.2. The fourth-order valence-electron chi connectivity index (χ4n) is 2.24. The molecule has 3 rings (SSSR count). The molecule has 2 amide bonds. The molecule has 0 spiro atoms. The smallest absolute Gasteiger partial charge is 0.269 e. The summed E-state index contributed by atoms with van der Waals surface area (Å²) in [6.45, 7) is 1.30. The van der Waals surface area contributed by atoms with Crippen molar-refractivity contribution < 1.29 is 14.0 Å². The SMILES string of the molecule is CC(=O)NNC(=O)c1ccc(Nc2ncc(Br)c(Nc3ccc(F)cc3)n2)cc1. The zero-order chi connectivity index (χ0) is 20.8. The Balaban J connectivity index is 1.69. The maximum absolute atomic E-state index is 13.1. The first-order valence-electron chi connectivity index (χ1n) is 8.40. The molecule has 1 aromatic heterocycles. The van der Waals surface area contributed by atoms with Crippen LogP contribution in [0.4, 0.5) is 27.5 Å². The van der Waals surface area contributed by atoms with Gasteiger partial charge in [0.2, 0.25) is 11.9 Å². The van der Waals surface area contributed by atoms with E-state index in [1.165, 1.54) is 19.1 Å². The van der Waals surface area contributed by atoms with Gasteiger partial charge in [-0.2, -0.15) is 4.98 Å². The van der Waals surface area contributed by atoms with Gasteiger partial charge in [-0.3, -0.25) is 20.4 Å². The molecular weight excluding hydrogens is 443 g/mol. The molecule has 0 aliphatic rings. The molecule has 0 bridgehead atoms. The van der Waals surface area contributed by atoms with Gasteiger partial charge in [0.1, 0.15) is 11.6 Å². The number of nitrogens with one attached hydrogen (secondary N) is 4. The van der Waals surface area contributed by atoms with Crippen molar-refractivity contribution >= 4 is 50.9 Å². The van der Waals surface area contributed by atoms with E-state index in [0.29, 0.717) is 33.2 Å². The monoisotopic (exact) mass is 458 g/mol. The summed E-state index contributed by atoms with van der Waals surface area (Å²) in [5.41, 5.74) is 6.22. The molecule has 0 aliphatic carbocycles. The molecular formula is C19H16BrFN6O2. The van der Waals surface area contributed by atoms with Crippen LogP contribution < -0.4 is 21.5 Å². The highest BCUT2D eigenvalue weighted by Gasteiger charge is 2.08. The van der Waals surface area contributed by atoms with Crippen LogP contribution in [0.5, 0.6) is 0 Å². The topological polar surface area (TPSA) is 108 Å². The van der Waals surface area contributed by atoms with Gasteiger partial charge in [0.15, 0.2) is 0 Å². The Labute approximate surface area is 174 Å². The number of amides is 2. The number of benzene rings is 2. The highest BCUT2D eigenvalue weighted by molar-refractivity contribution is 9.10. The minimum absolute atomic E-state index is 0.325. The molecule has 0 saturated carbocycles. The standard InChI is InChI=1S/C19H16BrFN6O2/c1-11(28)26-27-18(29)12-2-6-15(7-3-12)24-19-22-10-16(20)17(25-19)23-14-8-4-13(21)5-9-14/h2-10H,1H3,(H,26,28)(H,27,29)(H2,22,23,24,25). The molecule has 4 N–H and O–H groups in total. The second-order valence-electron chi connectivity index (χ2n) is 5.86. The van der Waals surface area contributed by atoms with E-state index in [-0.39, 0.29) is 11.7 Å². The average Bonchev–Trinajstić information content (AvgIpc) is 2.71. The van der Waals surface area contributed by atoms with Crippen molar-refractivity contribution in [2.45, 2.75) is 6.92 Å². The van der Waals surface area contributed by atoms with Gasteiger partial charge in [-0.25, -0.2) is 9.37 Å². The molecule has 0 atom stereocenters. The zero-order valence-corrected chi connectivity index (χ0v) is 16.7. The molecule has 8 nitrogen and oxygen atoms in total. The lowest BCUT2D eigenvalue weighted by molar-refractivity contribution is -0.119. The van der Waals surface area contributed by atoms with Gasteiger partial charge in [-0.05, 0) is 64.5 Å². The van der Waals surface area contributed by atoms with Crippen molar-refractivity contribution in [3.8, 4) is 0 Å². The van der Waals surface area contributed by atoms with Gasteiger partial charge < -0.3 is 10.6 Å². The first-order chi connectivity index (χ1) is 13.9. The minimum Gasteiger partial charge on any atom is -0.339 e. The molecule has 0 fully saturated rings. The number of halogens is 2. The number of anilines is 4. The van der Waals surface area contributed by atoms with E-state index in [2.05, 4.69) is 47.4 Å². The van der Waals surface area contributed by atoms with Crippen molar-refractivity contribution in [3.63, 3.8) is 0 Å². The summed E-state index contributed by atoms with van der Waals surface area (Å²) in [5.74, 6) is -0.297. The quantitative estimate of drug-likeness (QED) is 0.434. The highest BCUT2D eigenvalue weighted by Crippen LogP contribution is 2.25. The summed E-state index contributed by atoms with van der Waals surface area (Å²) < 4.78 is 13.7. The number of nitrogens with zero attached hydrogens (tertiary/aromatic N) is 2. The van der Waals surface area contributed by atoms with Crippen LogP contribution in [0.2, 0.25) is 0 Å². The van der Waals surface area contributed by atoms with Crippen LogP contribution in [0.15, 0.2) is 59.2 Å². The third-order valence-electron chi connectivity index (χ3n) is 3.61. The van der Waals surface area contributed by atoms with Gasteiger partial charge in [-0.1, -0.05) is 0 Å². The molecule has 0 radical (unpaired) electrons. The molecule has 0 saturated heterocycles. The summed E-state index contributed by atoms with van der Waals surface area (Å²) in [6, 6.07) is 12.4. The molecule has 10 heteroatoms. The number of hydrogen-bond donors (Lipinski definition) is 4. The van der Waals surface area contributed by atoms with E-state index in [1.807, 2.05) is 0 Å². The van der Waals surface area contributed by atoms with Crippen LogP contribution in [-0.2, 0) is 4.79 Å². The van der Waals surface area contributed by atoms with E-state index < -0.39 is 5.91 Å². The Morgan fingerprint density at radius 1 is 0.931 bits per heavy atom. The third-order valence-corrected chi connectivity index (χ3v) is 4.19. The number of carbonyl (C=O) groups is 2. The average molecular weight is 459 g/mol. The van der Waals surface area contributed by atoms with Gasteiger partial charge in [0.05, 0.1) is 4.47 Å². The number of rotatable bonds is 5. The molecule has 0 aliphatic heterocycles. The summed E-state index contributed by atoms with van der Waals surface area (Å²) in [4.78, 5) is 31.3. The predicted octanol–water partition coefficient (Wildman–Crippen LogP) is 3.65. The van der Waals surface area contributed by atoms with Gasteiger partial charge in [0.25, 0.3) is 5.91 Å². The maximum Gasteiger partial charge on any atom is 0.269 e. The van der Waals surface area contributed by atoms with E-state index in [4.69, 9.17) is 0 Å². The fraction of sp³-hybridized carbons (Fsp3) is 0.0526. The third kappa shape index (κ3) is 5.72. The Bertz CT molecular complexity index is 1030. The Morgan fingerprint density at radius 3 is 2.21 bits per heavy atom. The number of carbonyl (C=O) groups excluding carboxylic acids is 2. The molecule has 148 valence electrons. The Hall–Kier alpha value is -3.53. The van der Waals surface area contributed by atoms with Crippen LogP contribution in [-0.4, -0.2) is 21.8 Å². The van der Waals surface area contributed by atoms with Crippen molar-refractivity contribution in [1.82, 2.24) is 20.8 Å². The maximum atomic E-state index is 13.1. The first-order valence-corrected chi connectivity index (χ1v) is 9.19. The largest absolute Gasteiger partial charge is 0.339 e. The Kier molecular flexibility index (Phi) is 6.35. The Morgan fingerprint density at radius 2 is 1.55 bits per heavy atom. The minimum atomic E-state index is -0.433. The zero-order valence-electron chi connectivity index (χ0n) is 15.2. The van der Waals surface area contributed by atoms with Crippen LogP contribution in [0, 0.1) is 5.82 Å². The van der Waals surface area contributed by atoms with Crippen LogP contribution in [0.3, 0.4) is 0 Å². The second kappa shape index (κ2) is 9.11. The number of hydrazine groups is 1. The number of hydrogen-bond acceptors (Lipinski definition) is 6. The van der Waals surface area contributed by atoms with Crippen molar-refractivity contribution in [3.05, 3.63) is 70.6 Å². The number of aromatic nitrogens is 2. The van der Waals surface area contributed by atoms with Crippen LogP contribution in [0.1, 0.15) is 17.3 Å². The molecule has 0 unspecified atom stereocenters. The summed E-state index contributed by atoms with van der Waals surface area (Å²) >= 11 is 3.37. The van der Waals surface area contributed by atoms with E-state index in [1.54, 1.807) is 42.6 Å². The van der Waals surface area contributed by atoms with Gasteiger partial charge in [-0.15, -0.1) is 0 Å². The summed E-state index contributed by atoms with van der Waals surface area (Å²) in [6.07, 6.45) is 1.58.